The lowest BCUT2D eigenvalue weighted by Gasteiger charge is -2.31. The minimum atomic E-state index is -0.0691. The number of anilines is 1. The molecule has 0 aliphatic carbocycles. The van der Waals surface area contributed by atoms with Crippen molar-refractivity contribution in [1.29, 1.82) is 0 Å². The lowest BCUT2D eigenvalue weighted by Crippen LogP contribution is -2.39. The number of rotatable bonds is 3. The molecule has 0 saturated carbocycles. The molecule has 1 aliphatic rings. The van der Waals surface area contributed by atoms with E-state index in [1.165, 1.54) is 15.8 Å². The smallest absolute Gasteiger partial charge is 0.310 e. The Bertz CT molecular complexity index is 695. The van der Waals surface area contributed by atoms with Crippen molar-refractivity contribution in [1.82, 2.24) is 4.98 Å². The molecule has 1 aromatic carbocycles. The molecule has 0 amide bonds. The van der Waals surface area contributed by atoms with Crippen LogP contribution in [0.1, 0.15) is 30.9 Å². The molecule has 3 rings (SSSR count). The summed E-state index contributed by atoms with van der Waals surface area (Å²) in [6, 6.07) is 4.36. The van der Waals surface area contributed by atoms with Crippen molar-refractivity contribution < 1.29 is 9.53 Å². The summed E-state index contributed by atoms with van der Waals surface area (Å²) in [4.78, 5) is 19.0. The van der Waals surface area contributed by atoms with Gasteiger partial charge in [0.25, 0.3) is 0 Å². The number of fused-ring (bicyclic) bond motifs is 1. The molecule has 118 valence electrons. The average Bonchev–Trinajstić information content (AvgIpc) is 2.92. The Morgan fingerprint density at radius 3 is 3.05 bits per heavy atom. The van der Waals surface area contributed by atoms with Crippen LogP contribution >= 0.6 is 11.3 Å². The molecule has 22 heavy (non-hydrogen) atoms. The van der Waals surface area contributed by atoms with Crippen molar-refractivity contribution in [2.45, 2.75) is 33.6 Å². The van der Waals surface area contributed by atoms with Crippen molar-refractivity contribution in [3.05, 3.63) is 23.3 Å². The second-order valence-electron chi connectivity index (χ2n) is 5.96. The number of ether oxygens (including phenoxy) is 1. The first-order valence-corrected chi connectivity index (χ1v) is 8.69. The number of aromatic nitrogens is 1. The predicted octanol–water partition coefficient (Wildman–Crippen LogP) is 3.69. The van der Waals surface area contributed by atoms with E-state index in [0.29, 0.717) is 6.61 Å². The maximum atomic E-state index is 12.0. The molecule has 1 unspecified atom stereocenters. The summed E-state index contributed by atoms with van der Waals surface area (Å²) in [6.07, 6.45) is 1.93. The van der Waals surface area contributed by atoms with E-state index >= 15 is 0 Å². The Kier molecular flexibility index (Phi) is 4.34. The summed E-state index contributed by atoms with van der Waals surface area (Å²) in [7, 11) is 0. The molecule has 0 bridgehead atoms. The van der Waals surface area contributed by atoms with Gasteiger partial charge >= 0.3 is 5.97 Å². The van der Waals surface area contributed by atoms with E-state index in [0.717, 1.165) is 36.6 Å². The monoisotopic (exact) mass is 318 g/mol. The van der Waals surface area contributed by atoms with Gasteiger partial charge in [-0.2, -0.15) is 0 Å². The van der Waals surface area contributed by atoms with Gasteiger partial charge in [-0.05, 0) is 50.8 Å². The minimum absolute atomic E-state index is 0.0245. The Hall–Kier alpha value is -1.62. The van der Waals surface area contributed by atoms with Crippen molar-refractivity contribution in [3.8, 4) is 0 Å². The average molecular weight is 318 g/mol. The lowest BCUT2D eigenvalue weighted by atomic mass is 9.99. The molecule has 0 radical (unpaired) electrons. The first kappa shape index (κ1) is 15.3. The fourth-order valence-electron chi connectivity index (χ4n) is 3.10. The highest BCUT2D eigenvalue weighted by atomic mass is 32.1. The number of benzene rings is 1. The third-order valence-corrected chi connectivity index (χ3v) is 5.19. The van der Waals surface area contributed by atoms with Crippen LogP contribution in [0.25, 0.3) is 10.2 Å². The summed E-state index contributed by atoms with van der Waals surface area (Å²) in [5, 5.41) is 1.03. The second-order valence-corrected chi connectivity index (χ2v) is 6.97. The van der Waals surface area contributed by atoms with Gasteiger partial charge in [0, 0.05) is 13.1 Å². The zero-order chi connectivity index (χ0) is 15.7. The normalized spacial score (nSPS) is 18.7. The van der Waals surface area contributed by atoms with Crippen LogP contribution < -0.4 is 4.90 Å². The van der Waals surface area contributed by atoms with Crippen LogP contribution in [0.5, 0.6) is 0 Å². The summed E-state index contributed by atoms with van der Waals surface area (Å²) in [5.74, 6) is -0.0936. The second kappa shape index (κ2) is 6.24. The Morgan fingerprint density at radius 2 is 2.27 bits per heavy atom. The SMILES string of the molecule is CCOC(=O)C1CCCN(c2nc3c(C)cc(C)cc3s2)C1. The number of hydrogen-bond acceptors (Lipinski definition) is 5. The summed E-state index contributed by atoms with van der Waals surface area (Å²) >= 11 is 1.72. The standard InChI is InChI=1S/C17H22N2O2S/c1-4-21-16(20)13-6-5-7-19(10-13)17-18-15-12(3)8-11(2)9-14(15)22-17/h8-9,13H,4-7,10H2,1-3H3. The number of esters is 1. The molecule has 1 fully saturated rings. The Morgan fingerprint density at radius 1 is 1.45 bits per heavy atom. The van der Waals surface area contributed by atoms with Gasteiger partial charge in [0.05, 0.1) is 22.7 Å². The zero-order valence-corrected chi connectivity index (χ0v) is 14.2. The summed E-state index contributed by atoms with van der Waals surface area (Å²) in [5.41, 5.74) is 3.57. The molecule has 2 heterocycles. The van der Waals surface area contributed by atoms with Gasteiger partial charge in [-0.1, -0.05) is 17.4 Å². The van der Waals surface area contributed by atoms with E-state index in [1.54, 1.807) is 11.3 Å². The van der Waals surface area contributed by atoms with E-state index < -0.39 is 0 Å². The van der Waals surface area contributed by atoms with Crippen molar-refractivity contribution >= 4 is 32.7 Å². The Balaban J connectivity index is 1.84. The third kappa shape index (κ3) is 2.95. The van der Waals surface area contributed by atoms with Crippen LogP contribution in [0, 0.1) is 19.8 Å². The minimum Gasteiger partial charge on any atom is -0.466 e. The number of nitrogens with zero attached hydrogens (tertiary/aromatic N) is 2. The first-order chi connectivity index (χ1) is 10.6. The van der Waals surface area contributed by atoms with Crippen molar-refractivity contribution in [2.75, 3.05) is 24.6 Å². The highest BCUT2D eigenvalue weighted by molar-refractivity contribution is 7.22. The van der Waals surface area contributed by atoms with E-state index in [9.17, 15) is 4.79 Å². The summed E-state index contributed by atoms with van der Waals surface area (Å²) < 4.78 is 6.40. The molecule has 2 aromatic rings. The predicted molar refractivity (Wildman–Crippen MR) is 90.7 cm³/mol. The molecule has 1 aliphatic heterocycles. The van der Waals surface area contributed by atoms with Gasteiger partial charge in [-0.3, -0.25) is 4.79 Å². The molecule has 1 atom stereocenters. The number of hydrogen-bond donors (Lipinski definition) is 0. The van der Waals surface area contributed by atoms with Crippen LogP contribution in [0.3, 0.4) is 0 Å². The number of carbonyl (C=O) groups excluding carboxylic acids is 1. The number of aryl methyl sites for hydroxylation is 2. The summed E-state index contributed by atoms with van der Waals surface area (Å²) in [6.45, 7) is 8.22. The maximum Gasteiger partial charge on any atom is 0.310 e. The topological polar surface area (TPSA) is 42.4 Å². The van der Waals surface area contributed by atoms with E-state index in [2.05, 4.69) is 30.9 Å². The molecule has 0 N–H and O–H groups in total. The fourth-order valence-corrected chi connectivity index (χ4v) is 4.27. The van der Waals surface area contributed by atoms with Crippen LogP contribution in [0.15, 0.2) is 12.1 Å². The molecule has 1 aromatic heterocycles. The number of carbonyl (C=O) groups is 1. The Labute approximate surface area is 135 Å². The number of thiazole rings is 1. The molecule has 5 heteroatoms. The largest absolute Gasteiger partial charge is 0.466 e. The third-order valence-electron chi connectivity index (χ3n) is 4.13. The van der Waals surface area contributed by atoms with Gasteiger partial charge in [0.2, 0.25) is 0 Å². The van der Waals surface area contributed by atoms with Gasteiger partial charge in [-0.25, -0.2) is 4.98 Å². The van der Waals surface area contributed by atoms with E-state index in [-0.39, 0.29) is 11.9 Å². The van der Waals surface area contributed by atoms with Crippen molar-refractivity contribution in [3.63, 3.8) is 0 Å². The van der Waals surface area contributed by atoms with Crippen LogP contribution in [-0.4, -0.2) is 30.6 Å². The lowest BCUT2D eigenvalue weighted by molar-refractivity contribution is -0.148. The maximum absolute atomic E-state index is 12.0. The zero-order valence-electron chi connectivity index (χ0n) is 13.4. The van der Waals surface area contributed by atoms with Gasteiger partial charge in [0.1, 0.15) is 0 Å². The highest BCUT2D eigenvalue weighted by Crippen LogP contribution is 2.33. The number of piperidine rings is 1. The molecular formula is C17H22N2O2S. The molecule has 0 spiro atoms. The van der Waals surface area contributed by atoms with Crippen LogP contribution in [0.4, 0.5) is 5.13 Å². The highest BCUT2D eigenvalue weighted by Gasteiger charge is 2.28. The van der Waals surface area contributed by atoms with E-state index in [1.807, 2.05) is 6.92 Å². The molecular weight excluding hydrogens is 296 g/mol. The van der Waals surface area contributed by atoms with Gasteiger partial charge in [-0.15, -0.1) is 0 Å². The molecule has 1 saturated heterocycles. The van der Waals surface area contributed by atoms with Crippen LogP contribution in [0.2, 0.25) is 0 Å². The van der Waals surface area contributed by atoms with Crippen LogP contribution in [-0.2, 0) is 9.53 Å². The quantitative estimate of drug-likeness (QED) is 0.809. The molecule has 4 nitrogen and oxygen atoms in total. The first-order valence-electron chi connectivity index (χ1n) is 7.88. The fraction of sp³-hybridized carbons (Fsp3) is 0.529. The van der Waals surface area contributed by atoms with Crippen molar-refractivity contribution in [2.24, 2.45) is 5.92 Å². The van der Waals surface area contributed by atoms with Gasteiger partial charge in [0.15, 0.2) is 5.13 Å². The van der Waals surface area contributed by atoms with Gasteiger partial charge < -0.3 is 9.64 Å². The van der Waals surface area contributed by atoms with E-state index in [4.69, 9.17) is 9.72 Å².